The number of nitrogens with zero attached hydrogens (tertiary/aromatic N) is 1. The van der Waals surface area contributed by atoms with Gasteiger partial charge in [-0.25, -0.2) is 0 Å². The van der Waals surface area contributed by atoms with E-state index in [0.717, 1.165) is 39.4 Å². The molecule has 1 fully saturated rings. The Labute approximate surface area is 106 Å². The van der Waals surface area contributed by atoms with Gasteiger partial charge in [0.2, 0.25) is 0 Å². The van der Waals surface area contributed by atoms with Gasteiger partial charge in [0.15, 0.2) is 0 Å². The van der Waals surface area contributed by atoms with Gasteiger partial charge in [0.05, 0.1) is 19.8 Å². The van der Waals surface area contributed by atoms with Gasteiger partial charge in [-0.2, -0.15) is 0 Å². The van der Waals surface area contributed by atoms with Crippen molar-refractivity contribution in [1.82, 2.24) is 10.2 Å². The molecule has 0 spiro atoms. The van der Waals surface area contributed by atoms with Gasteiger partial charge in [0.1, 0.15) is 0 Å². The molecule has 0 amide bonds. The van der Waals surface area contributed by atoms with Crippen molar-refractivity contribution < 1.29 is 9.47 Å². The molecule has 0 aromatic carbocycles. The van der Waals surface area contributed by atoms with E-state index in [1.807, 2.05) is 6.92 Å². The first-order valence-corrected chi connectivity index (χ1v) is 6.71. The predicted molar refractivity (Wildman–Crippen MR) is 70.4 cm³/mol. The van der Waals surface area contributed by atoms with Crippen LogP contribution in [0.2, 0.25) is 0 Å². The molecule has 1 atom stereocenters. The van der Waals surface area contributed by atoms with E-state index in [0.29, 0.717) is 18.6 Å². The minimum Gasteiger partial charge on any atom is -0.379 e. The maximum absolute atomic E-state index is 5.52. The highest BCUT2D eigenvalue weighted by Crippen LogP contribution is 2.24. The van der Waals surface area contributed by atoms with Gasteiger partial charge in [-0.15, -0.1) is 0 Å². The van der Waals surface area contributed by atoms with Crippen LogP contribution in [0, 0.1) is 5.41 Å². The van der Waals surface area contributed by atoms with Gasteiger partial charge >= 0.3 is 0 Å². The molecule has 1 heterocycles. The quantitative estimate of drug-likeness (QED) is 0.613. The van der Waals surface area contributed by atoms with Crippen LogP contribution in [-0.4, -0.2) is 64.6 Å². The van der Waals surface area contributed by atoms with Crippen LogP contribution in [0.25, 0.3) is 0 Å². The third-order valence-electron chi connectivity index (χ3n) is 3.30. The first kappa shape index (κ1) is 14.9. The van der Waals surface area contributed by atoms with Crippen molar-refractivity contribution in [3.05, 3.63) is 0 Å². The molecule has 102 valence electrons. The lowest BCUT2D eigenvalue weighted by atomic mass is 9.89. The molecule has 0 aromatic rings. The summed E-state index contributed by atoms with van der Waals surface area (Å²) >= 11 is 0. The summed E-state index contributed by atoms with van der Waals surface area (Å²) in [6.45, 7) is 11.8. The number of nitrogens with one attached hydrogen (secondary N) is 1. The number of hydrogen-bond donors (Lipinski definition) is 1. The summed E-state index contributed by atoms with van der Waals surface area (Å²) in [5, 5.41) is 3.43. The van der Waals surface area contributed by atoms with Gasteiger partial charge in [-0.1, -0.05) is 6.92 Å². The van der Waals surface area contributed by atoms with Crippen molar-refractivity contribution in [3.63, 3.8) is 0 Å². The molecule has 1 aliphatic heterocycles. The molecule has 4 nitrogen and oxygen atoms in total. The van der Waals surface area contributed by atoms with Gasteiger partial charge in [0, 0.05) is 26.2 Å². The Morgan fingerprint density at radius 1 is 1.24 bits per heavy atom. The van der Waals surface area contributed by atoms with E-state index in [4.69, 9.17) is 9.47 Å². The second-order valence-electron chi connectivity index (χ2n) is 5.28. The smallest absolute Gasteiger partial charge is 0.0701 e. The van der Waals surface area contributed by atoms with Crippen LogP contribution in [0.1, 0.15) is 20.3 Å². The van der Waals surface area contributed by atoms with Crippen molar-refractivity contribution in [2.75, 3.05) is 59.7 Å². The summed E-state index contributed by atoms with van der Waals surface area (Å²) in [5.41, 5.74) is 0.445. The molecule has 1 N–H and O–H groups in total. The van der Waals surface area contributed by atoms with Gasteiger partial charge in [-0.05, 0) is 32.4 Å². The average Bonchev–Trinajstić information content (AvgIpc) is 2.70. The minimum absolute atomic E-state index is 0.445. The highest BCUT2D eigenvalue weighted by Gasteiger charge is 2.29. The summed E-state index contributed by atoms with van der Waals surface area (Å²) in [6, 6.07) is 0. The van der Waals surface area contributed by atoms with E-state index in [-0.39, 0.29) is 0 Å². The van der Waals surface area contributed by atoms with Crippen molar-refractivity contribution in [3.8, 4) is 0 Å². The lowest BCUT2D eigenvalue weighted by Crippen LogP contribution is -2.36. The fraction of sp³-hybridized carbons (Fsp3) is 1.00. The Balaban J connectivity index is 1.99. The average molecular weight is 244 g/mol. The largest absolute Gasteiger partial charge is 0.379 e. The summed E-state index contributed by atoms with van der Waals surface area (Å²) in [4.78, 5) is 2.37. The molecule has 1 rings (SSSR count). The van der Waals surface area contributed by atoms with Crippen molar-refractivity contribution >= 4 is 0 Å². The summed E-state index contributed by atoms with van der Waals surface area (Å²) < 4.78 is 10.7. The van der Waals surface area contributed by atoms with Crippen molar-refractivity contribution in [2.45, 2.75) is 20.3 Å². The third kappa shape index (κ3) is 6.36. The predicted octanol–water partition coefficient (Wildman–Crippen LogP) is 0.971. The van der Waals surface area contributed by atoms with E-state index in [9.17, 15) is 0 Å². The molecule has 0 radical (unpaired) electrons. The third-order valence-corrected chi connectivity index (χ3v) is 3.30. The first-order chi connectivity index (χ1) is 8.16. The van der Waals surface area contributed by atoms with E-state index in [1.54, 1.807) is 0 Å². The van der Waals surface area contributed by atoms with Crippen molar-refractivity contribution in [2.24, 2.45) is 5.41 Å². The molecule has 0 bridgehead atoms. The summed E-state index contributed by atoms with van der Waals surface area (Å²) in [6.07, 6.45) is 1.28. The maximum atomic E-state index is 5.52. The monoisotopic (exact) mass is 244 g/mol. The Bertz CT molecular complexity index is 194. The molecular weight excluding hydrogens is 216 g/mol. The molecule has 0 aliphatic carbocycles. The topological polar surface area (TPSA) is 33.7 Å². The van der Waals surface area contributed by atoms with Gasteiger partial charge in [0.25, 0.3) is 0 Å². The zero-order valence-corrected chi connectivity index (χ0v) is 11.6. The maximum Gasteiger partial charge on any atom is 0.0701 e. The molecule has 17 heavy (non-hydrogen) atoms. The number of likely N-dealkylation sites (N-methyl/N-ethyl adjacent to an activating group) is 1. The highest BCUT2D eigenvalue weighted by molar-refractivity contribution is 4.85. The standard InChI is InChI=1S/C13H28N2O2/c1-4-16-9-10-17-8-7-15(3)12-13(2)5-6-14-11-13/h14H,4-12H2,1-3H3. The van der Waals surface area contributed by atoms with Crippen LogP contribution in [-0.2, 0) is 9.47 Å². The van der Waals surface area contributed by atoms with Crippen LogP contribution >= 0.6 is 0 Å². The fourth-order valence-electron chi connectivity index (χ4n) is 2.32. The number of hydrogen-bond acceptors (Lipinski definition) is 4. The number of rotatable bonds is 9. The normalized spacial score (nSPS) is 24.7. The van der Waals surface area contributed by atoms with Crippen LogP contribution in [0.3, 0.4) is 0 Å². The Kier molecular flexibility index (Phi) is 7.04. The Morgan fingerprint density at radius 2 is 2.00 bits per heavy atom. The molecule has 1 unspecified atom stereocenters. The molecule has 0 aromatic heterocycles. The van der Waals surface area contributed by atoms with E-state index in [1.165, 1.54) is 6.42 Å². The van der Waals surface area contributed by atoms with Crippen LogP contribution < -0.4 is 5.32 Å². The molecule has 4 heteroatoms. The molecule has 1 aliphatic rings. The van der Waals surface area contributed by atoms with Crippen LogP contribution in [0.15, 0.2) is 0 Å². The van der Waals surface area contributed by atoms with Crippen LogP contribution in [0.5, 0.6) is 0 Å². The zero-order valence-electron chi connectivity index (χ0n) is 11.6. The summed E-state index contributed by atoms with van der Waals surface area (Å²) in [7, 11) is 2.18. The van der Waals surface area contributed by atoms with E-state index in [2.05, 4.69) is 24.2 Å². The van der Waals surface area contributed by atoms with E-state index < -0.39 is 0 Å². The zero-order chi connectivity index (χ0) is 12.6. The second-order valence-corrected chi connectivity index (χ2v) is 5.28. The van der Waals surface area contributed by atoms with Gasteiger partial charge in [-0.3, -0.25) is 0 Å². The Hall–Kier alpha value is -0.160. The summed E-state index contributed by atoms with van der Waals surface area (Å²) in [5.74, 6) is 0. The SMILES string of the molecule is CCOCCOCCN(C)CC1(C)CCNC1. The van der Waals surface area contributed by atoms with E-state index >= 15 is 0 Å². The Morgan fingerprint density at radius 3 is 2.65 bits per heavy atom. The second kappa shape index (κ2) is 8.03. The molecular formula is C13H28N2O2. The minimum atomic E-state index is 0.445. The molecule has 1 saturated heterocycles. The lowest BCUT2D eigenvalue weighted by molar-refractivity contribution is 0.0419. The van der Waals surface area contributed by atoms with Crippen LogP contribution in [0.4, 0.5) is 0 Å². The first-order valence-electron chi connectivity index (χ1n) is 6.71. The van der Waals surface area contributed by atoms with Crippen molar-refractivity contribution in [1.29, 1.82) is 0 Å². The number of ether oxygens (including phenoxy) is 2. The highest BCUT2D eigenvalue weighted by atomic mass is 16.5. The van der Waals surface area contributed by atoms with Gasteiger partial charge < -0.3 is 19.7 Å². The lowest BCUT2D eigenvalue weighted by Gasteiger charge is -2.29. The fourth-order valence-corrected chi connectivity index (χ4v) is 2.32. The molecule has 0 saturated carbocycles.